The summed E-state index contributed by atoms with van der Waals surface area (Å²) in [5, 5.41) is 0.270. The van der Waals surface area contributed by atoms with Crippen LogP contribution in [0.25, 0.3) is 6.08 Å². The number of ether oxygens (including phenoxy) is 1. The Hall–Kier alpha value is -1.61. The number of imide groups is 1. The average Bonchev–Trinajstić information content (AvgIpc) is 2.72. The van der Waals surface area contributed by atoms with E-state index in [0.29, 0.717) is 16.2 Å². The summed E-state index contributed by atoms with van der Waals surface area (Å²) in [6, 6.07) is 3.01. The number of halogens is 2. The van der Waals surface area contributed by atoms with Gasteiger partial charge in [0.25, 0.3) is 11.1 Å². The minimum absolute atomic E-state index is 0.0477. The van der Waals surface area contributed by atoms with Gasteiger partial charge in [-0.2, -0.15) is 0 Å². The highest BCUT2D eigenvalue weighted by molar-refractivity contribution is 8.18. The smallest absolute Gasteiger partial charge is 0.293 e. The van der Waals surface area contributed by atoms with Gasteiger partial charge in [-0.1, -0.05) is 29.1 Å². The fraction of sp³-hybridized carbons (Fsp3) is 0.250. The molecule has 23 heavy (non-hydrogen) atoms. The van der Waals surface area contributed by atoms with Gasteiger partial charge < -0.3 is 4.74 Å². The lowest BCUT2D eigenvalue weighted by Crippen LogP contribution is -2.34. The van der Waals surface area contributed by atoms with Gasteiger partial charge in [0, 0.05) is 6.04 Å². The molecule has 0 aliphatic carbocycles. The average molecular weight is 370 g/mol. The normalized spacial score (nSPS) is 16.3. The summed E-state index contributed by atoms with van der Waals surface area (Å²) < 4.78 is 5.27. The summed E-state index contributed by atoms with van der Waals surface area (Å²) in [5.74, 6) is 2.29. The van der Waals surface area contributed by atoms with Gasteiger partial charge in [0.1, 0.15) is 6.61 Å². The molecular formula is C16H13Cl2NO3S. The van der Waals surface area contributed by atoms with Gasteiger partial charge in [0.2, 0.25) is 0 Å². The van der Waals surface area contributed by atoms with Crippen molar-refractivity contribution >= 4 is 52.2 Å². The number of terminal acetylenes is 1. The summed E-state index contributed by atoms with van der Waals surface area (Å²) in [7, 11) is 0. The van der Waals surface area contributed by atoms with Crippen LogP contribution in [0.3, 0.4) is 0 Å². The van der Waals surface area contributed by atoms with Gasteiger partial charge in [-0.05, 0) is 49.4 Å². The van der Waals surface area contributed by atoms with E-state index in [4.69, 9.17) is 34.4 Å². The molecule has 0 spiro atoms. The highest BCUT2D eigenvalue weighted by Gasteiger charge is 2.36. The fourth-order valence-electron chi connectivity index (χ4n) is 1.99. The zero-order chi connectivity index (χ0) is 17.1. The van der Waals surface area contributed by atoms with E-state index in [1.165, 1.54) is 4.90 Å². The zero-order valence-corrected chi connectivity index (χ0v) is 14.8. The molecule has 1 aromatic rings. The first-order valence-corrected chi connectivity index (χ1v) is 8.24. The van der Waals surface area contributed by atoms with Crippen LogP contribution in [0.5, 0.6) is 5.75 Å². The Balaban J connectivity index is 2.32. The highest BCUT2D eigenvalue weighted by atomic mass is 35.5. The van der Waals surface area contributed by atoms with Crippen molar-refractivity contribution in [1.29, 1.82) is 0 Å². The summed E-state index contributed by atoms with van der Waals surface area (Å²) in [4.78, 5) is 25.7. The van der Waals surface area contributed by atoms with Crippen LogP contribution in [0.1, 0.15) is 19.4 Å². The van der Waals surface area contributed by atoms with E-state index < -0.39 is 0 Å². The van der Waals surface area contributed by atoms with Crippen LogP contribution in [0.15, 0.2) is 17.0 Å². The molecule has 4 nitrogen and oxygen atoms in total. The molecule has 0 bridgehead atoms. The SMILES string of the molecule is C#CCOc1c(Cl)cc(/C=C2/SC(=O)N(C(C)C)C2=O)cc1Cl. The summed E-state index contributed by atoms with van der Waals surface area (Å²) in [5.41, 5.74) is 0.599. The van der Waals surface area contributed by atoms with Gasteiger partial charge >= 0.3 is 0 Å². The maximum absolute atomic E-state index is 12.2. The second-order valence-electron chi connectivity index (χ2n) is 4.95. The third-order valence-electron chi connectivity index (χ3n) is 2.96. The van der Waals surface area contributed by atoms with E-state index in [1.807, 2.05) is 0 Å². The number of thioether (sulfide) groups is 1. The molecule has 0 unspecified atom stereocenters. The lowest BCUT2D eigenvalue weighted by Gasteiger charge is -2.16. The molecule has 1 aliphatic rings. The minimum Gasteiger partial charge on any atom is -0.478 e. The van der Waals surface area contributed by atoms with E-state index in [1.54, 1.807) is 32.1 Å². The molecule has 2 amide bonds. The van der Waals surface area contributed by atoms with Gasteiger partial charge in [-0.25, -0.2) is 0 Å². The van der Waals surface area contributed by atoms with Gasteiger partial charge in [0.05, 0.1) is 15.0 Å². The van der Waals surface area contributed by atoms with Crippen LogP contribution in [-0.2, 0) is 4.79 Å². The first-order chi connectivity index (χ1) is 10.8. The van der Waals surface area contributed by atoms with E-state index >= 15 is 0 Å². The maximum atomic E-state index is 12.2. The van der Waals surface area contributed by atoms with Crippen molar-refractivity contribution in [3.8, 4) is 18.1 Å². The van der Waals surface area contributed by atoms with Crippen LogP contribution in [-0.4, -0.2) is 28.7 Å². The number of carbonyl (C=O) groups excluding carboxylic acids is 2. The number of amides is 2. The molecule has 0 atom stereocenters. The number of rotatable bonds is 4. The molecule has 0 aromatic heterocycles. The number of carbonyl (C=O) groups is 2. The quantitative estimate of drug-likeness (QED) is 0.580. The van der Waals surface area contributed by atoms with Crippen molar-refractivity contribution in [2.24, 2.45) is 0 Å². The molecule has 0 N–H and O–H groups in total. The molecule has 2 rings (SSSR count). The minimum atomic E-state index is -0.324. The Morgan fingerprint density at radius 1 is 1.35 bits per heavy atom. The van der Waals surface area contributed by atoms with Crippen molar-refractivity contribution in [3.05, 3.63) is 32.6 Å². The lowest BCUT2D eigenvalue weighted by atomic mass is 10.2. The van der Waals surface area contributed by atoms with E-state index in [-0.39, 0.29) is 33.8 Å². The van der Waals surface area contributed by atoms with E-state index in [2.05, 4.69) is 5.92 Å². The van der Waals surface area contributed by atoms with Gasteiger partial charge in [0.15, 0.2) is 5.75 Å². The third kappa shape index (κ3) is 3.84. The second-order valence-corrected chi connectivity index (χ2v) is 6.76. The van der Waals surface area contributed by atoms with Gasteiger partial charge in [-0.15, -0.1) is 6.42 Å². The predicted octanol–water partition coefficient (Wildman–Crippen LogP) is 4.45. The van der Waals surface area contributed by atoms with Crippen molar-refractivity contribution < 1.29 is 14.3 Å². The molecule has 0 saturated carbocycles. The Morgan fingerprint density at radius 2 is 1.96 bits per heavy atom. The molecule has 1 heterocycles. The maximum Gasteiger partial charge on any atom is 0.293 e. The summed E-state index contributed by atoms with van der Waals surface area (Å²) >= 11 is 13.1. The first kappa shape index (κ1) is 17.7. The van der Waals surface area contributed by atoms with Crippen LogP contribution < -0.4 is 4.74 Å². The lowest BCUT2D eigenvalue weighted by molar-refractivity contribution is -0.123. The number of benzene rings is 1. The number of hydrogen-bond donors (Lipinski definition) is 0. The van der Waals surface area contributed by atoms with Crippen molar-refractivity contribution in [2.75, 3.05) is 6.61 Å². The molecule has 7 heteroatoms. The van der Waals surface area contributed by atoms with Gasteiger partial charge in [-0.3, -0.25) is 14.5 Å². The summed E-state index contributed by atoms with van der Waals surface area (Å²) in [6.07, 6.45) is 6.71. The molecule has 1 fully saturated rings. The molecule has 1 aromatic carbocycles. The van der Waals surface area contributed by atoms with Crippen molar-refractivity contribution in [2.45, 2.75) is 19.9 Å². The van der Waals surface area contributed by atoms with Crippen LogP contribution in [0, 0.1) is 12.3 Å². The van der Waals surface area contributed by atoms with E-state index in [9.17, 15) is 9.59 Å². The Kier molecular flexibility index (Phi) is 5.64. The standard InChI is InChI=1S/C16H13Cl2NO3S/c1-4-5-22-14-11(17)6-10(7-12(14)18)8-13-15(20)19(9(2)3)16(21)23-13/h1,6-9H,5H2,2-3H3/b13-8+. The third-order valence-corrected chi connectivity index (χ3v) is 4.40. The molecule has 120 valence electrons. The van der Waals surface area contributed by atoms with Crippen molar-refractivity contribution in [3.63, 3.8) is 0 Å². The monoisotopic (exact) mass is 369 g/mol. The zero-order valence-electron chi connectivity index (χ0n) is 12.4. The number of hydrogen-bond acceptors (Lipinski definition) is 4. The summed E-state index contributed by atoms with van der Waals surface area (Å²) in [6.45, 7) is 3.61. The largest absolute Gasteiger partial charge is 0.478 e. The van der Waals surface area contributed by atoms with Crippen LogP contribution in [0.4, 0.5) is 4.79 Å². The second kappa shape index (κ2) is 7.31. The highest BCUT2D eigenvalue weighted by Crippen LogP contribution is 2.37. The predicted molar refractivity (Wildman–Crippen MR) is 93.7 cm³/mol. The molecule has 1 saturated heterocycles. The van der Waals surface area contributed by atoms with Crippen LogP contribution in [0.2, 0.25) is 10.0 Å². The first-order valence-electron chi connectivity index (χ1n) is 6.67. The Morgan fingerprint density at radius 3 is 2.43 bits per heavy atom. The topological polar surface area (TPSA) is 46.6 Å². The van der Waals surface area contributed by atoms with Crippen molar-refractivity contribution in [1.82, 2.24) is 4.90 Å². The van der Waals surface area contributed by atoms with E-state index in [0.717, 1.165) is 11.8 Å². The number of nitrogens with zero attached hydrogens (tertiary/aromatic N) is 1. The Bertz CT molecular complexity index is 714. The Labute approximate surface area is 148 Å². The molecular weight excluding hydrogens is 357 g/mol. The fourth-order valence-corrected chi connectivity index (χ4v) is 3.56. The molecule has 1 aliphatic heterocycles. The van der Waals surface area contributed by atoms with Crippen LogP contribution >= 0.6 is 35.0 Å². The molecule has 0 radical (unpaired) electrons.